The standard InChI is InChI=1S/C18H13BrN2O2S2/c1-10(25-13-5-2-4-11(19)8-13)16-15(17(20)22)14(18(23)21-16)9-12-6-3-7-24-12/h2-9H,1H2,(H2,20,22)(H,21,23)/b14-9-. The van der Waals surface area contributed by atoms with E-state index in [1.165, 1.54) is 23.1 Å². The second-order valence-corrected chi connectivity index (χ2v) is 8.19. The van der Waals surface area contributed by atoms with Gasteiger partial charge >= 0.3 is 0 Å². The number of halogens is 1. The first kappa shape index (κ1) is 17.7. The highest BCUT2D eigenvalue weighted by molar-refractivity contribution is 9.10. The summed E-state index contributed by atoms with van der Waals surface area (Å²) in [6.45, 7) is 4.00. The first-order chi connectivity index (χ1) is 12.0. The third-order valence-electron chi connectivity index (χ3n) is 3.39. The van der Waals surface area contributed by atoms with E-state index < -0.39 is 5.91 Å². The highest BCUT2D eigenvalue weighted by atomic mass is 79.9. The van der Waals surface area contributed by atoms with Gasteiger partial charge in [0.2, 0.25) is 0 Å². The molecule has 3 N–H and O–H groups in total. The summed E-state index contributed by atoms with van der Waals surface area (Å²) in [7, 11) is 0. The lowest BCUT2D eigenvalue weighted by Gasteiger charge is -2.08. The number of nitrogens with two attached hydrogens (primary N) is 1. The van der Waals surface area contributed by atoms with E-state index in [1.54, 1.807) is 6.08 Å². The fourth-order valence-electron chi connectivity index (χ4n) is 2.33. The quantitative estimate of drug-likeness (QED) is 0.552. The minimum absolute atomic E-state index is 0.172. The number of amides is 2. The number of carbonyl (C=O) groups excluding carboxylic acids is 2. The van der Waals surface area contributed by atoms with Gasteiger partial charge in [0.05, 0.1) is 16.8 Å². The fraction of sp³-hybridized carbons (Fsp3) is 0. The Morgan fingerprint density at radius 3 is 2.76 bits per heavy atom. The van der Waals surface area contributed by atoms with Gasteiger partial charge < -0.3 is 11.1 Å². The van der Waals surface area contributed by atoms with Crippen molar-refractivity contribution in [1.29, 1.82) is 0 Å². The zero-order valence-electron chi connectivity index (χ0n) is 12.9. The monoisotopic (exact) mass is 432 g/mol. The molecule has 1 aliphatic heterocycles. The van der Waals surface area contributed by atoms with Crippen molar-refractivity contribution in [2.45, 2.75) is 4.90 Å². The number of primary amides is 1. The molecule has 1 aromatic heterocycles. The average Bonchev–Trinajstić information content (AvgIpc) is 3.16. The molecule has 25 heavy (non-hydrogen) atoms. The van der Waals surface area contributed by atoms with Crippen molar-refractivity contribution in [2.24, 2.45) is 5.73 Å². The number of thioether (sulfide) groups is 1. The molecule has 0 spiro atoms. The summed E-state index contributed by atoms with van der Waals surface area (Å²) in [4.78, 5) is 26.7. The van der Waals surface area contributed by atoms with Crippen molar-refractivity contribution in [3.05, 3.63) is 79.5 Å². The van der Waals surface area contributed by atoms with Crippen molar-refractivity contribution in [1.82, 2.24) is 5.32 Å². The molecule has 0 atom stereocenters. The van der Waals surface area contributed by atoms with Crippen LogP contribution in [0.15, 0.2) is 79.5 Å². The highest BCUT2D eigenvalue weighted by Crippen LogP contribution is 2.36. The molecule has 0 aliphatic carbocycles. The number of benzene rings is 1. The van der Waals surface area contributed by atoms with Crippen LogP contribution in [0.2, 0.25) is 0 Å². The van der Waals surface area contributed by atoms with Gasteiger partial charge in [-0.05, 0) is 35.7 Å². The van der Waals surface area contributed by atoms with E-state index in [4.69, 9.17) is 5.73 Å². The van der Waals surface area contributed by atoms with Gasteiger partial charge in [0.1, 0.15) is 0 Å². The summed E-state index contributed by atoms with van der Waals surface area (Å²) in [6, 6.07) is 11.4. The molecular weight excluding hydrogens is 420 g/mol. The van der Waals surface area contributed by atoms with E-state index in [1.807, 2.05) is 41.8 Å². The first-order valence-corrected chi connectivity index (χ1v) is 9.68. The lowest BCUT2D eigenvalue weighted by atomic mass is 10.1. The van der Waals surface area contributed by atoms with E-state index in [0.717, 1.165) is 14.2 Å². The van der Waals surface area contributed by atoms with Crippen molar-refractivity contribution in [3.63, 3.8) is 0 Å². The Bertz CT molecular complexity index is 930. The molecule has 2 aromatic rings. The zero-order valence-corrected chi connectivity index (χ0v) is 16.1. The molecule has 1 aliphatic rings. The van der Waals surface area contributed by atoms with Gasteiger partial charge in [0, 0.05) is 19.2 Å². The van der Waals surface area contributed by atoms with E-state index in [2.05, 4.69) is 27.8 Å². The molecule has 126 valence electrons. The maximum Gasteiger partial charge on any atom is 0.256 e. The van der Waals surface area contributed by atoms with Crippen LogP contribution in [0.4, 0.5) is 0 Å². The van der Waals surface area contributed by atoms with Crippen LogP contribution in [-0.2, 0) is 9.59 Å². The number of hydrogen-bond donors (Lipinski definition) is 2. The number of thiophene rings is 1. The maximum atomic E-state index is 12.4. The highest BCUT2D eigenvalue weighted by Gasteiger charge is 2.32. The second-order valence-electron chi connectivity index (χ2n) is 5.12. The summed E-state index contributed by atoms with van der Waals surface area (Å²) >= 11 is 6.25. The summed E-state index contributed by atoms with van der Waals surface area (Å²) in [5.74, 6) is -1.01. The minimum atomic E-state index is -0.660. The third-order valence-corrected chi connectivity index (χ3v) is 5.65. The van der Waals surface area contributed by atoms with E-state index in [9.17, 15) is 9.59 Å². The van der Waals surface area contributed by atoms with Gasteiger partial charge in [-0.3, -0.25) is 9.59 Å². The topological polar surface area (TPSA) is 72.2 Å². The Kier molecular flexibility index (Phi) is 5.27. The van der Waals surface area contributed by atoms with Crippen LogP contribution < -0.4 is 11.1 Å². The lowest BCUT2D eigenvalue weighted by Crippen LogP contribution is -2.16. The Hall–Kier alpha value is -2.09. The predicted octanol–water partition coefficient (Wildman–Crippen LogP) is 4.07. The number of nitrogens with one attached hydrogen (secondary N) is 1. The lowest BCUT2D eigenvalue weighted by molar-refractivity contribution is -0.117. The number of carbonyl (C=O) groups is 2. The van der Waals surface area contributed by atoms with Crippen LogP contribution in [0.1, 0.15) is 4.88 Å². The van der Waals surface area contributed by atoms with Crippen molar-refractivity contribution in [2.75, 3.05) is 0 Å². The summed E-state index contributed by atoms with van der Waals surface area (Å²) in [6.07, 6.45) is 1.67. The molecule has 0 radical (unpaired) electrons. The molecule has 0 unspecified atom stereocenters. The third kappa shape index (κ3) is 3.95. The van der Waals surface area contributed by atoms with E-state index >= 15 is 0 Å². The first-order valence-electron chi connectivity index (χ1n) is 7.19. The van der Waals surface area contributed by atoms with Crippen LogP contribution in [-0.4, -0.2) is 11.8 Å². The Morgan fingerprint density at radius 2 is 2.12 bits per heavy atom. The maximum absolute atomic E-state index is 12.4. The van der Waals surface area contributed by atoms with Crippen LogP contribution in [0.5, 0.6) is 0 Å². The molecule has 4 nitrogen and oxygen atoms in total. The predicted molar refractivity (Wildman–Crippen MR) is 106 cm³/mol. The fourth-order valence-corrected chi connectivity index (χ4v) is 4.41. The van der Waals surface area contributed by atoms with Crippen molar-refractivity contribution < 1.29 is 9.59 Å². The molecule has 7 heteroatoms. The molecule has 2 amide bonds. The van der Waals surface area contributed by atoms with Crippen molar-refractivity contribution in [3.8, 4) is 0 Å². The van der Waals surface area contributed by atoms with Crippen LogP contribution in [0.25, 0.3) is 6.08 Å². The number of rotatable bonds is 5. The zero-order chi connectivity index (χ0) is 18.0. The largest absolute Gasteiger partial charge is 0.366 e. The second kappa shape index (κ2) is 7.43. The Balaban J connectivity index is 1.97. The molecule has 1 aromatic carbocycles. The normalized spacial score (nSPS) is 15.6. The molecule has 3 rings (SSSR count). The van der Waals surface area contributed by atoms with E-state index in [0.29, 0.717) is 10.6 Å². The molecule has 0 bridgehead atoms. The minimum Gasteiger partial charge on any atom is -0.366 e. The molecular formula is C18H13BrN2O2S2. The van der Waals surface area contributed by atoms with Crippen LogP contribution in [0.3, 0.4) is 0 Å². The van der Waals surface area contributed by atoms with Gasteiger partial charge in [-0.15, -0.1) is 11.3 Å². The SMILES string of the molecule is C=C(Sc1cccc(Br)c1)C1=C(C(N)=O)/C(=C/c2cccs2)C(=O)N1. The summed E-state index contributed by atoms with van der Waals surface area (Å²) in [5.41, 5.74) is 6.34. The van der Waals surface area contributed by atoms with Crippen LogP contribution >= 0.6 is 39.0 Å². The smallest absolute Gasteiger partial charge is 0.256 e. The van der Waals surface area contributed by atoms with Gasteiger partial charge in [-0.1, -0.05) is 46.4 Å². The molecule has 0 saturated carbocycles. The van der Waals surface area contributed by atoms with Gasteiger partial charge in [0.15, 0.2) is 0 Å². The molecule has 0 fully saturated rings. The van der Waals surface area contributed by atoms with E-state index in [-0.39, 0.29) is 17.1 Å². The molecule has 2 heterocycles. The number of hydrogen-bond acceptors (Lipinski definition) is 4. The van der Waals surface area contributed by atoms with Gasteiger partial charge in [0.25, 0.3) is 11.8 Å². The average molecular weight is 433 g/mol. The summed E-state index contributed by atoms with van der Waals surface area (Å²) < 4.78 is 0.933. The molecule has 0 saturated heterocycles. The van der Waals surface area contributed by atoms with Crippen molar-refractivity contribution >= 4 is 56.9 Å². The summed E-state index contributed by atoms with van der Waals surface area (Å²) in [5, 5.41) is 4.63. The van der Waals surface area contributed by atoms with Gasteiger partial charge in [-0.2, -0.15) is 0 Å². The Labute approximate surface area is 161 Å². The van der Waals surface area contributed by atoms with Crippen LogP contribution in [0, 0.1) is 0 Å². The van der Waals surface area contributed by atoms with Gasteiger partial charge in [-0.25, -0.2) is 0 Å². The Morgan fingerprint density at radius 1 is 1.32 bits per heavy atom.